The average molecular weight is 456 g/mol. The number of aryl methyl sites for hydroxylation is 1. The van der Waals surface area contributed by atoms with Crippen molar-refractivity contribution < 1.29 is 13.6 Å². The molecule has 0 saturated carbocycles. The molecule has 5 rings (SSSR count). The van der Waals surface area contributed by atoms with Gasteiger partial charge in [0.05, 0.1) is 0 Å². The quantitative estimate of drug-likeness (QED) is 0.617. The lowest BCUT2D eigenvalue weighted by molar-refractivity contribution is -0.134. The zero-order valence-corrected chi connectivity index (χ0v) is 18.8. The third-order valence-corrected chi connectivity index (χ3v) is 8.11. The summed E-state index contributed by atoms with van der Waals surface area (Å²) in [5.74, 6) is -1.10. The molecule has 2 aromatic carbocycles. The average Bonchev–Trinajstić information content (AvgIpc) is 3.38. The Bertz CT molecular complexity index is 1050. The number of hydrazone groups is 1. The number of hydrogen-bond acceptors (Lipinski definition) is 4. The van der Waals surface area contributed by atoms with Crippen molar-refractivity contribution in [1.29, 1.82) is 0 Å². The van der Waals surface area contributed by atoms with Crippen molar-refractivity contribution in [3.63, 3.8) is 0 Å². The highest BCUT2D eigenvalue weighted by molar-refractivity contribution is 8.15. The van der Waals surface area contributed by atoms with Gasteiger partial charge in [-0.15, -0.1) is 0 Å². The largest absolute Gasteiger partial charge is 0.303 e. The normalized spacial score (nSPS) is 22.9. The molecule has 3 aliphatic rings. The Balaban J connectivity index is 1.42. The molecule has 1 spiro atoms. The number of thioether (sulfide) groups is 1. The van der Waals surface area contributed by atoms with E-state index in [9.17, 15) is 13.6 Å². The maximum atomic E-state index is 14.6. The molecule has 0 N–H and O–H groups in total. The van der Waals surface area contributed by atoms with Crippen LogP contribution < -0.4 is 0 Å². The second kappa shape index (κ2) is 8.94. The molecule has 1 fully saturated rings. The molecule has 1 amide bonds. The number of piperidine rings is 1. The zero-order chi connectivity index (χ0) is 22.1. The van der Waals surface area contributed by atoms with Crippen LogP contribution in [0.15, 0.2) is 47.6 Å². The van der Waals surface area contributed by atoms with Gasteiger partial charge in [0.25, 0.3) is 0 Å². The number of carbonyl (C=O) groups is 1. The molecular formula is C25H27F2N3OS. The molecular weight excluding hydrogens is 428 g/mol. The second-order valence-electron chi connectivity index (χ2n) is 8.78. The summed E-state index contributed by atoms with van der Waals surface area (Å²) in [4.78, 5) is 15.1. The second-order valence-corrected chi connectivity index (χ2v) is 10.1. The van der Waals surface area contributed by atoms with Crippen LogP contribution in [-0.4, -0.2) is 40.5 Å². The standard InChI is InChI=1S/C25H27F2N3OS/c26-19-10-11-22(27)20(17-19)24-28-30(23(31)9-6-16-29-14-4-1-5-15-29)25(32-24)13-12-18-7-2-3-8-21(18)25/h2-3,7-8,10-11,17H,1,4-6,9,12-16H2. The Labute approximate surface area is 191 Å². The van der Waals surface area contributed by atoms with E-state index in [4.69, 9.17) is 0 Å². The van der Waals surface area contributed by atoms with E-state index in [1.807, 2.05) is 18.2 Å². The van der Waals surface area contributed by atoms with Crippen LogP contribution in [0.1, 0.15) is 55.2 Å². The number of amides is 1. The van der Waals surface area contributed by atoms with Gasteiger partial charge in [-0.25, -0.2) is 13.8 Å². The van der Waals surface area contributed by atoms with E-state index in [1.54, 1.807) is 5.01 Å². The minimum Gasteiger partial charge on any atom is -0.303 e. The van der Waals surface area contributed by atoms with Crippen molar-refractivity contribution in [2.75, 3.05) is 19.6 Å². The highest BCUT2D eigenvalue weighted by atomic mass is 32.2. The number of rotatable bonds is 5. The predicted octanol–water partition coefficient (Wildman–Crippen LogP) is 5.27. The maximum Gasteiger partial charge on any atom is 0.244 e. The molecule has 32 heavy (non-hydrogen) atoms. The van der Waals surface area contributed by atoms with E-state index in [0.717, 1.165) is 50.2 Å². The molecule has 2 aromatic rings. The zero-order valence-electron chi connectivity index (χ0n) is 18.0. The van der Waals surface area contributed by atoms with Crippen LogP contribution in [0.3, 0.4) is 0 Å². The molecule has 0 aromatic heterocycles. The Morgan fingerprint density at radius 2 is 1.91 bits per heavy atom. The van der Waals surface area contributed by atoms with Crippen LogP contribution in [-0.2, 0) is 16.1 Å². The Morgan fingerprint density at radius 3 is 2.75 bits per heavy atom. The molecule has 2 aliphatic heterocycles. The van der Waals surface area contributed by atoms with Gasteiger partial charge in [-0.2, -0.15) is 5.10 Å². The van der Waals surface area contributed by atoms with Gasteiger partial charge in [0.15, 0.2) is 0 Å². The maximum absolute atomic E-state index is 14.6. The number of hydrogen-bond donors (Lipinski definition) is 0. The van der Waals surface area contributed by atoms with E-state index >= 15 is 0 Å². The van der Waals surface area contributed by atoms with Gasteiger partial charge in [-0.05, 0) is 81.1 Å². The first-order valence-corrected chi connectivity index (χ1v) is 12.3. The van der Waals surface area contributed by atoms with Crippen LogP contribution >= 0.6 is 11.8 Å². The fraction of sp³-hybridized carbons (Fsp3) is 0.440. The van der Waals surface area contributed by atoms with Crippen LogP contribution in [0.2, 0.25) is 0 Å². The van der Waals surface area contributed by atoms with E-state index in [2.05, 4.69) is 16.1 Å². The lowest BCUT2D eigenvalue weighted by Crippen LogP contribution is -2.40. The minimum atomic E-state index is -0.688. The summed E-state index contributed by atoms with van der Waals surface area (Å²) in [5.41, 5.74) is 2.34. The molecule has 1 saturated heterocycles. The molecule has 4 nitrogen and oxygen atoms in total. The smallest absolute Gasteiger partial charge is 0.244 e. The first-order valence-electron chi connectivity index (χ1n) is 11.4. The summed E-state index contributed by atoms with van der Waals surface area (Å²) < 4.78 is 28.5. The highest BCUT2D eigenvalue weighted by Crippen LogP contribution is 2.55. The van der Waals surface area contributed by atoms with Crippen LogP contribution in [0.25, 0.3) is 0 Å². The van der Waals surface area contributed by atoms with Gasteiger partial charge in [-0.1, -0.05) is 42.4 Å². The molecule has 7 heteroatoms. The molecule has 1 aliphatic carbocycles. The summed E-state index contributed by atoms with van der Waals surface area (Å²) in [7, 11) is 0. The molecule has 2 heterocycles. The summed E-state index contributed by atoms with van der Waals surface area (Å²) in [6, 6.07) is 11.5. The number of carbonyl (C=O) groups excluding carboxylic acids is 1. The number of nitrogens with zero attached hydrogens (tertiary/aromatic N) is 3. The third-order valence-electron chi connectivity index (χ3n) is 6.68. The molecule has 168 valence electrons. The van der Waals surface area contributed by atoms with Gasteiger partial charge in [0.1, 0.15) is 21.5 Å². The number of likely N-dealkylation sites (tertiary alicyclic amines) is 1. The Kier molecular flexibility index (Phi) is 6.03. The predicted molar refractivity (Wildman–Crippen MR) is 123 cm³/mol. The van der Waals surface area contributed by atoms with E-state index < -0.39 is 16.5 Å². The van der Waals surface area contributed by atoms with Crippen molar-refractivity contribution >= 4 is 22.7 Å². The minimum absolute atomic E-state index is 0.0574. The summed E-state index contributed by atoms with van der Waals surface area (Å²) in [6.45, 7) is 3.11. The van der Waals surface area contributed by atoms with Crippen molar-refractivity contribution in [3.8, 4) is 0 Å². The van der Waals surface area contributed by atoms with Crippen LogP contribution in [0.4, 0.5) is 8.78 Å². The molecule has 1 atom stereocenters. The van der Waals surface area contributed by atoms with Crippen molar-refractivity contribution in [2.45, 2.75) is 49.8 Å². The molecule has 1 unspecified atom stereocenters. The monoisotopic (exact) mass is 455 g/mol. The SMILES string of the molecule is O=C(CCCN1CCCCC1)N1N=C(c2cc(F)ccc2F)SC12CCc1ccccc12. The van der Waals surface area contributed by atoms with Crippen LogP contribution in [0.5, 0.6) is 0 Å². The van der Waals surface area contributed by atoms with E-state index in [0.29, 0.717) is 17.9 Å². The first kappa shape index (κ1) is 21.6. The fourth-order valence-corrected chi connectivity index (χ4v) is 6.50. The van der Waals surface area contributed by atoms with Crippen molar-refractivity contribution in [2.24, 2.45) is 5.10 Å². The highest BCUT2D eigenvalue weighted by Gasteiger charge is 2.52. The summed E-state index contributed by atoms with van der Waals surface area (Å²) in [5, 5.41) is 6.54. The van der Waals surface area contributed by atoms with E-state index in [1.165, 1.54) is 42.7 Å². The first-order chi connectivity index (χ1) is 15.6. The lowest BCUT2D eigenvalue weighted by atomic mass is 10.1. The van der Waals surface area contributed by atoms with Gasteiger partial charge >= 0.3 is 0 Å². The van der Waals surface area contributed by atoms with Crippen molar-refractivity contribution in [1.82, 2.24) is 9.91 Å². The van der Waals surface area contributed by atoms with Crippen molar-refractivity contribution in [3.05, 3.63) is 70.8 Å². The molecule has 0 bridgehead atoms. The summed E-state index contributed by atoms with van der Waals surface area (Å²) >= 11 is 1.38. The van der Waals surface area contributed by atoms with Crippen LogP contribution in [0, 0.1) is 11.6 Å². The Morgan fingerprint density at radius 1 is 1.09 bits per heavy atom. The number of fused-ring (bicyclic) bond motifs is 2. The van der Waals surface area contributed by atoms with Gasteiger partial charge in [0, 0.05) is 12.0 Å². The van der Waals surface area contributed by atoms with Gasteiger partial charge in [0.2, 0.25) is 5.91 Å². The van der Waals surface area contributed by atoms with Gasteiger partial charge < -0.3 is 4.90 Å². The number of benzene rings is 2. The lowest BCUT2D eigenvalue weighted by Gasteiger charge is -2.33. The Hall–Kier alpha value is -2.25. The van der Waals surface area contributed by atoms with Gasteiger partial charge in [-0.3, -0.25) is 4.79 Å². The molecule has 0 radical (unpaired) electrons. The number of halogens is 2. The summed E-state index contributed by atoms with van der Waals surface area (Å²) in [6.07, 6.45) is 6.44. The fourth-order valence-electron chi connectivity index (χ4n) is 5.05. The van der Waals surface area contributed by atoms with E-state index in [-0.39, 0.29) is 11.5 Å². The topological polar surface area (TPSA) is 35.9 Å². The third kappa shape index (κ3) is 3.97.